The summed E-state index contributed by atoms with van der Waals surface area (Å²) in [5, 5.41) is 22.1. The van der Waals surface area contributed by atoms with Gasteiger partial charge < -0.3 is 15.4 Å². The van der Waals surface area contributed by atoms with Gasteiger partial charge in [0.15, 0.2) is 0 Å². The van der Waals surface area contributed by atoms with E-state index in [4.69, 9.17) is 0 Å². The maximum atomic E-state index is 14.0. The second-order valence-electron chi connectivity index (χ2n) is 9.62. The first-order valence-corrected chi connectivity index (χ1v) is 12.8. The number of aromatic amines is 2. The number of phenols is 1. The van der Waals surface area contributed by atoms with Gasteiger partial charge in [-0.25, -0.2) is 4.39 Å². The Kier molecular flexibility index (Phi) is 5.75. The summed E-state index contributed by atoms with van der Waals surface area (Å²) in [5.74, 6) is -0.921. The average molecular weight is 541 g/mol. The molecule has 0 saturated heterocycles. The molecule has 0 unspecified atom stereocenters. The van der Waals surface area contributed by atoms with Crippen LogP contribution in [0.25, 0.3) is 55.6 Å². The zero-order chi connectivity index (χ0) is 27.9. The van der Waals surface area contributed by atoms with Crippen LogP contribution in [0.15, 0.2) is 104 Å². The topological polar surface area (TPSA) is 120 Å². The largest absolute Gasteiger partial charge is 0.508 e. The summed E-state index contributed by atoms with van der Waals surface area (Å²) in [6, 6.07) is 24.5. The van der Waals surface area contributed by atoms with E-state index in [1.54, 1.807) is 30.7 Å². The Hall–Kier alpha value is -5.83. The number of aromatic nitrogens is 5. The van der Waals surface area contributed by atoms with E-state index in [9.17, 15) is 14.3 Å². The van der Waals surface area contributed by atoms with Gasteiger partial charge in [0.2, 0.25) is 0 Å². The number of anilines is 1. The van der Waals surface area contributed by atoms with Crippen LogP contribution in [-0.4, -0.2) is 36.2 Å². The van der Waals surface area contributed by atoms with Gasteiger partial charge in [0.25, 0.3) is 5.91 Å². The normalized spacial score (nSPS) is 11.2. The Bertz CT molecular complexity index is 2060. The van der Waals surface area contributed by atoms with Crippen LogP contribution in [0.5, 0.6) is 5.75 Å². The maximum absolute atomic E-state index is 14.0. The number of amides is 1. The molecule has 4 aromatic heterocycles. The van der Waals surface area contributed by atoms with Gasteiger partial charge in [0.05, 0.1) is 28.8 Å². The third-order valence-corrected chi connectivity index (χ3v) is 6.89. The highest BCUT2D eigenvalue weighted by molar-refractivity contribution is 6.04. The standard InChI is InChI=1S/C32H21FN6O2/c33-22-10-20(12-24(40)14-22)30-26-15-29(37-27(26)8-9-35-30)31-25-13-19(6-7-28(25)38-39-31)21-11-23(17-34-16-21)36-32(41)18-4-2-1-3-5-18/h1-17,37,40H,(H,36,41)(H,38,39). The number of hydrogen-bond donors (Lipinski definition) is 4. The smallest absolute Gasteiger partial charge is 0.255 e. The molecular formula is C32H21FN6O2. The van der Waals surface area contributed by atoms with Crippen LogP contribution in [0.1, 0.15) is 10.4 Å². The fraction of sp³-hybridized carbons (Fsp3) is 0. The molecular weight excluding hydrogens is 519 g/mol. The molecule has 198 valence electrons. The molecule has 0 aliphatic carbocycles. The van der Waals surface area contributed by atoms with Crippen LogP contribution in [0.4, 0.5) is 10.1 Å². The van der Waals surface area contributed by atoms with Crippen molar-refractivity contribution in [1.82, 2.24) is 25.1 Å². The van der Waals surface area contributed by atoms with E-state index in [1.807, 2.05) is 54.6 Å². The molecule has 0 aliphatic rings. The van der Waals surface area contributed by atoms with Gasteiger partial charge in [0.1, 0.15) is 17.3 Å². The van der Waals surface area contributed by atoms with Gasteiger partial charge in [-0.15, -0.1) is 0 Å². The number of nitrogens with one attached hydrogen (secondary N) is 3. The number of halogens is 1. The Morgan fingerprint density at radius 1 is 0.805 bits per heavy atom. The Labute approximate surface area is 232 Å². The molecule has 0 spiro atoms. The summed E-state index contributed by atoms with van der Waals surface area (Å²) in [5.41, 5.74) is 6.99. The average Bonchev–Trinajstić information content (AvgIpc) is 3.61. The van der Waals surface area contributed by atoms with E-state index in [0.717, 1.165) is 44.7 Å². The molecule has 0 fully saturated rings. The van der Waals surface area contributed by atoms with Crippen molar-refractivity contribution >= 4 is 33.4 Å². The fourth-order valence-corrected chi connectivity index (χ4v) is 4.98. The van der Waals surface area contributed by atoms with Crippen molar-refractivity contribution in [1.29, 1.82) is 0 Å². The fourth-order valence-electron chi connectivity index (χ4n) is 4.98. The first-order chi connectivity index (χ1) is 20.0. The lowest BCUT2D eigenvalue weighted by Crippen LogP contribution is -2.11. The summed E-state index contributed by atoms with van der Waals surface area (Å²) < 4.78 is 14.0. The number of benzene rings is 3. The molecule has 0 radical (unpaired) electrons. The van der Waals surface area contributed by atoms with E-state index in [-0.39, 0.29) is 11.7 Å². The minimum atomic E-state index is -0.543. The zero-order valence-electron chi connectivity index (χ0n) is 21.4. The SMILES string of the molecule is O=C(Nc1cncc(-c2ccc3[nH]nc(-c4cc5c(-c6cc(O)cc(F)c6)nccc5[nH]4)c3c2)c1)c1ccccc1. The number of aromatic hydroxyl groups is 1. The second-order valence-corrected chi connectivity index (χ2v) is 9.62. The number of carbonyl (C=O) groups is 1. The van der Waals surface area contributed by atoms with Crippen LogP contribution < -0.4 is 5.32 Å². The monoisotopic (exact) mass is 540 g/mol. The molecule has 0 saturated carbocycles. The van der Waals surface area contributed by atoms with Crippen molar-refractivity contribution in [3.05, 3.63) is 115 Å². The third kappa shape index (κ3) is 4.55. The van der Waals surface area contributed by atoms with Crippen molar-refractivity contribution in [3.63, 3.8) is 0 Å². The van der Waals surface area contributed by atoms with E-state index >= 15 is 0 Å². The minimum Gasteiger partial charge on any atom is -0.508 e. The Balaban J connectivity index is 1.25. The van der Waals surface area contributed by atoms with Gasteiger partial charge in [0, 0.05) is 51.4 Å². The molecule has 7 rings (SSSR count). The van der Waals surface area contributed by atoms with Crippen molar-refractivity contribution in [2.75, 3.05) is 5.32 Å². The van der Waals surface area contributed by atoms with E-state index in [2.05, 4.69) is 30.5 Å². The quantitative estimate of drug-likeness (QED) is 0.189. The van der Waals surface area contributed by atoms with E-state index in [1.165, 1.54) is 12.1 Å². The number of hydrogen-bond acceptors (Lipinski definition) is 5. The van der Waals surface area contributed by atoms with Crippen molar-refractivity contribution in [2.24, 2.45) is 0 Å². The van der Waals surface area contributed by atoms with E-state index in [0.29, 0.717) is 28.2 Å². The van der Waals surface area contributed by atoms with Crippen molar-refractivity contribution in [2.45, 2.75) is 0 Å². The zero-order valence-corrected chi connectivity index (χ0v) is 21.4. The highest BCUT2D eigenvalue weighted by atomic mass is 19.1. The van der Waals surface area contributed by atoms with Crippen LogP contribution in [0, 0.1) is 5.82 Å². The number of fused-ring (bicyclic) bond motifs is 2. The number of nitrogens with zero attached hydrogens (tertiary/aromatic N) is 3. The third-order valence-electron chi connectivity index (χ3n) is 6.89. The van der Waals surface area contributed by atoms with Gasteiger partial charge in [-0.1, -0.05) is 24.3 Å². The number of H-pyrrole nitrogens is 2. The number of carbonyl (C=O) groups excluding carboxylic acids is 1. The molecule has 4 heterocycles. The van der Waals surface area contributed by atoms with E-state index < -0.39 is 5.82 Å². The number of phenolic OH excluding ortho intramolecular Hbond substituents is 1. The molecule has 0 aliphatic heterocycles. The first-order valence-electron chi connectivity index (χ1n) is 12.8. The molecule has 9 heteroatoms. The molecule has 3 aromatic carbocycles. The highest BCUT2D eigenvalue weighted by Gasteiger charge is 2.16. The van der Waals surface area contributed by atoms with Gasteiger partial charge in [-0.3, -0.25) is 19.9 Å². The molecule has 0 atom stereocenters. The lowest BCUT2D eigenvalue weighted by Gasteiger charge is -2.08. The molecule has 41 heavy (non-hydrogen) atoms. The van der Waals surface area contributed by atoms with Crippen LogP contribution in [0.2, 0.25) is 0 Å². The molecule has 8 nitrogen and oxygen atoms in total. The second kappa shape index (κ2) is 9.73. The molecule has 4 N–H and O–H groups in total. The first kappa shape index (κ1) is 24.2. The Morgan fingerprint density at radius 3 is 2.51 bits per heavy atom. The lowest BCUT2D eigenvalue weighted by atomic mass is 10.0. The predicted molar refractivity (Wildman–Crippen MR) is 156 cm³/mol. The van der Waals surface area contributed by atoms with Crippen molar-refractivity contribution in [3.8, 4) is 39.5 Å². The summed E-state index contributed by atoms with van der Waals surface area (Å²) in [6.45, 7) is 0. The minimum absolute atomic E-state index is 0.168. The van der Waals surface area contributed by atoms with Crippen LogP contribution in [0.3, 0.4) is 0 Å². The van der Waals surface area contributed by atoms with Gasteiger partial charge in [-0.05, 0) is 60.2 Å². The molecule has 0 bridgehead atoms. The Morgan fingerprint density at radius 2 is 1.66 bits per heavy atom. The van der Waals surface area contributed by atoms with Crippen molar-refractivity contribution < 1.29 is 14.3 Å². The summed E-state index contributed by atoms with van der Waals surface area (Å²) in [6.07, 6.45) is 4.99. The number of rotatable bonds is 5. The van der Waals surface area contributed by atoms with Gasteiger partial charge >= 0.3 is 0 Å². The molecule has 1 amide bonds. The number of pyridine rings is 2. The van der Waals surface area contributed by atoms with Gasteiger partial charge in [-0.2, -0.15) is 5.10 Å². The highest BCUT2D eigenvalue weighted by Crippen LogP contribution is 2.35. The van der Waals surface area contributed by atoms with Crippen LogP contribution >= 0.6 is 0 Å². The summed E-state index contributed by atoms with van der Waals surface area (Å²) in [4.78, 5) is 24.8. The summed E-state index contributed by atoms with van der Waals surface area (Å²) in [7, 11) is 0. The lowest BCUT2D eigenvalue weighted by molar-refractivity contribution is 0.102. The predicted octanol–water partition coefficient (Wildman–Crippen LogP) is 6.93. The van der Waals surface area contributed by atoms with Crippen LogP contribution in [-0.2, 0) is 0 Å². The molecule has 7 aromatic rings. The summed E-state index contributed by atoms with van der Waals surface area (Å²) >= 11 is 0. The maximum Gasteiger partial charge on any atom is 0.255 e.